The number of ether oxygens (including phenoxy) is 1. The molecule has 0 aliphatic carbocycles. The van der Waals surface area contributed by atoms with Gasteiger partial charge in [-0.05, 0) is 31.5 Å². The number of hydrogen-bond donors (Lipinski definition) is 1. The van der Waals surface area contributed by atoms with Crippen molar-refractivity contribution < 1.29 is 14.3 Å². The summed E-state index contributed by atoms with van der Waals surface area (Å²) in [5.74, 6) is 0.130. The molecule has 0 radical (unpaired) electrons. The Balaban J connectivity index is 1.41. The van der Waals surface area contributed by atoms with Crippen LogP contribution < -0.4 is 5.32 Å². The van der Waals surface area contributed by atoms with Crippen molar-refractivity contribution in [3.63, 3.8) is 0 Å². The monoisotopic (exact) mass is 371 g/mol. The standard InChI is InChI=1S/C21H29N3O3/c1-23-18(15-21(26)24-11-13-27-14-12-24)8-9-19(23)16-22-20(25)10-7-17-5-3-2-4-6-17/h2-7,10,18-19H,8-9,11-16H2,1H3,(H,22,25)/b10-7+/t18-,19+/m1/s1. The van der Waals surface area contributed by atoms with Gasteiger partial charge in [-0.15, -0.1) is 0 Å². The number of hydrogen-bond acceptors (Lipinski definition) is 4. The van der Waals surface area contributed by atoms with Gasteiger partial charge >= 0.3 is 0 Å². The largest absolute Gasteiger partial charge is 0.378 e. The molecule has 2 fully saturated rings. The molecule has 2 atom stereocenters. The topological polar surface area (TPSA) is 61.9 Å². The van der Waals surface area contributed by atoms with Gasteiger partial charge in [0.15, 0.2) is 0 Å². The van der Waals surface area contributed by atoms with E-state index in [4.69, 9.17) is 4.74 Å². The van der Waals surface area contributed by atoms with Gasteiger partial charge in [-0.25, -0.2) is 0 Å². The van der Waals surface area contributed by atoms with Gasteiger partial charge in [0.05, 0.1) is 13.2 Å². The number of carbonyl (C=O) groups excluding carboxylic acids is 2. The molecular formula is C21H29N3O3. The van der Waals surface area contributed by atoms with Crippen LogP contribution in [0, 0.1) is 0 Å². The number of carbonyl (C=O) groups is 2. The van der Waals surface area contributed by atoms with Crippen molar-refractivity contribution in [3.05, 3.63) is 42.0 Å². The zero-order valence-electron chi connectivity index (χ0n) is 16.0. The predicted molar refractivity (Wildman–Crippen MR) is 105 cm³/mol. The maximum atomic E-state index is 12.5. The maximum absolute atomic E-state index is 12.5. The van der Waals surface area contributed by atoms with Gasteiger partial charge in [-0.2, -0.15) is 0 Å². The van der Waals surface area contributed by atoms with Crippen LogP contribution in [0.4, 0.5) is 0 Å². The number of likely N-dealkylation sites (tertiary alicyclic amines) is 1. The number of rotatable bonds is 6. The lowest BCUT2D eigenvalue weighted by Crippen LogP contribution is -2.45. The Labute approximate surface area is 161 Å². The van der Waals surface area contributed by atoms with Gasteiger partial charge in [0.25, 0.3) is 0 Å². The van der Waals surface area contributed by atoms with E-state index >= 15 is 0 Å². The van der Waals surface area contributed by atoms with Crippen LogP contribution in [-0.2, 0) is 14.3 Å². The van der Waals surface area contributed by atoms with Gasteiger partial charge in [-0.1, -0.05) is 30.3 Å². The Morgan fingerprint density at radius 2 is 1.85 bits per heavy atom. The van der Waals surface area contributed by atoms with Crippen molar-refractivity contribution in [1.82, 2.24) is 15.1 Å². The molecule has 6 nitrogen and oxygen atoms in total. The zero-order chi connectivity index (χ0) is 19.1. The Morgan fingerprint density at radius 3 is 2.59 bits per heavy atom. The lowest BCUT2D eigenvalue weighted by atomic mass is 10.1. The lowest BCUT2D eigenvalue weighted by Gasteiger charge is -2.30. The van der Waals surface area contributed by atoms with Gasteiger partial charge in [0.1, 0.15) is 0 Å². The summed E-state index contributed by atoms with van der Waals surface area (Å²) in [6.45, 7) is 3.27. The summed E-state index contributed by atoms with van der Waals surface area (Å²) in [5, 5.41) is 2.98. The average molecular weight is 371 g/mol. The molecule has 146 valence electrons. The second-order valence-electron chi connectivity index (χ2n) is 7.24. The van der Waals surface area contributed by atoms with Crippen LogP contribution in [0.25, 0.3) is 6.08 Å². The van der Waals surface area contributed by atoms with Crippen molar-refractivity contribution in [3.8, 4) is 0 Å². The number of nitrogens with one attached hydrogen (secondary N) is 1. The highest BCUT2D eigenvalue weighted by atomic mass is 16.5. The molecular weight excluding hydrogens is 342 g/mol. The van der Waals surface area contributed by atoms with Crippen LogP contribution in [0.5, 0.6) is 0 Å². The normalized spacial score (nSPS) is 23.7. The number of likely N-dealkylation sites (N-methyl/N-ethyl adjacent to an activating group) is 1. The van der Waals surface area contributed by atoms with E-state index in [0.29, 0.717) is 39.3 Å². The van der Waals surface area contributed by atoms with Crippen LogP contribution in [0.15, 0.2) is 36.4 Å². The fourth-order valence-corrected chi connectivity index (χ4v) is 3.74. The highest BCUT2D eigenvalue weighted by Gasteiger charge is 2.33. The van der Waals surface area contributed by atoms with Gasteiger partial charge in [-0.3, -0.25) is 14.5 Å². The minimum absolute atomic E-state index is 0.0832. The highest BCUT2D eigenvalue weighted by Crippen LogP contribution is 2.25. The van der Waals surface area contributed by atoms with Crippen LogP contribution >= 0.6 is 0 Å². The van der Waals surface area contributed by atoms with Gasteiger partial charge in [0, 0.05) is 44.2 Å². The fraction of sp³-hybridized carbons (Fsp3) is 0.524. The SMILES string of the molecule is CN1[C@@H](CC(=O)N2CCOCC2)CC[C@H]1CNC(=O)/C=C/c1ccccc1. The predicted octanol–water partition coefficient (Wildman–Crippen LogP) is 1.53. The molecule has 1 aromatic carbocycles. The second kappa shape index (κ2) is 9.67. The molecule has 27 heavy (non-hydrogen) atoms. The first-order valence-electron chi connectivity index (χ1n) is 9.72. The molecule has 2 aliphatic heterocycles. The summed E-state index contributed by atoms with van der Waals surface area (Å²) in [6.07, 6.45) is 5.93. The molecule has 0 unspecified atom stereocenters. The molecule has 0 bridgehead atoms. The number of nitrogens with zero attached hydrogens (tertiary/aromatic N) is 2. The molecule has 2 heterocycles. The van der Waals surface area contributed by atoms with E-state index in [9.17, 15) is 9.59 Å². The molecule has 2 amide bonds. The van der Waals surface area contributed by atoms with Crippen LogP contribution in [-0.4, -0.2) is 73.6 Å². The number of morpholine rings is 1. The summed E-state index contributed by atoms with van der Waals surface area (Å²) in [5.41, 5.74) is 1.01. The molecule has 0 spiro atoms. The summed E-state index contributed by atoms with van der Waals surface area (Å²) in [4.78, 5) is 28.7. The third-order valence-electron chi connectivity index (χ3n) is 5.50. The quantitative estimate of drug-likeness (QED) is 0.771. The molecule has 0 saturated carbocycles. The van der Waals surface area contributed by atoms with Crippen LogP contribution in [0.2, 0.25) is 0 Å². The van der Waals surface area contributed by atoms with Crippen LogP contribution in [0.1, 0.15) is 24.8 Å². The third-order valence-corrected chi connectivity index (χ3v) is 5.50. The zero-order valence-corrected chi connectivity index (χ0v) is 16.0. The van der Waals surface area contributed by atoms with Gasteiger partial charge in [0.2, 0.25) is 11.8 Å². The Hall–Kier alpha value is -2.18. The van der Waals surface area contributed by atoms with E-state index in [1.165, 1.54) is 0 Å². The molecule has 2 aliphatic rings. The van der Waals surface area contributed by atoms with E-state index in [2.05, 4.69) is 17.3 Å². The average Bonchev–Trinajstić information content (AvgIpc) is 3.05. The van der Waals surface area contributed by atoms with E-state index in [1.807, 2.05) is 41.3 Å². The molecule has 1 aromatic rings. The van der Waals surface area contributed by atoms with Crippen LogP contribution in [0.3, 0.4) is 0 Å². The Bertz CT molecular complexity index is 656. The fourth-order valence-electron chi connectivity index (χ4n) is 3.74. The first-order valence-corrected chi connectivity index (χ1v) is 9.72. The molecule has 3 rings (SSSR count). The molecule has 6 heteroatoms. The van der Waals surface area contributed by atoms with Gasteiger partial charge < -0.3 is 15.0 Å². The summed E-state index contributed by atoms with van der Waals surface area (Å²) < 4.78 is 5.31. The first-order chi connectivity index (χ1) is 13.1. The van der Waals surface area contributed by atoms with Crippen molar-refractivity contribution in [2.75, 3.05) is 39.9 Å². The Morgan fingerprint density at radius 1 is 1.15 bits per heavy atom. The van der Waals surface area contributed by atoms with Crippen molar-refractivity contribution >= 4 is 17.9 Å². The third kappa shape index (κ3) is 5.65. The lowest BCUT2D eigenvalue weighted by molar-refractivity contribution is -0.136. The molecule has 0 aromatic heterocycles. The van der Waals surface area contributed by atoms with Crippen molar-refractivity contribution in [1.29, 1.82) is 0 Å². The minimum Gasteiger partial charge on any atom is -0.378 e. The number of amides is 2. The molecule has 1 N–H and O–H groups in total. The minimum atomic E-state index is -0.0832. The first kappa shape index (κ1) is 19.6. The summed E-state index contributed by atoms with van der Waals surface area (Å²) >= 11 is 0. The highest BCUT2D eigenvalue weighted by molar-refractivity contribution is 5.91. The number of benzene rings is 1. The smallest absolute Gasteiger partial charge is 0.244 e. The van der Waals surface area contributed by atoms with E-state index in [0.717, 1.165) is 18.4 Å². The maximum Gasteiger partial charge on any atom is 0.244 e. The van der Waals surface area contributed by atoms with E-state index in [1.54, 1.807) is 6.08 Å². The van der Waals surface area contributed by atoms with E-state index in [-0.39, 0.29) is 23.9 Å². The van der Waals surface area contributed by atoms with E-state index < -0.39 is 0 Å². The second-order valence-corrected chi connectivity index (χ2v) is 7.24. The summed E-state index contributed by atoms with van der Waals surface area (Å²) in [6, 6.07) is 10.3. The molecule has 2 saturated heterocycles. The van der Waals surface area contributed by atoms with Crippen molar-refractivity contribution in [2.45, 2.75) is 31.3 Å². The Kier molecular flexibility index (Phi) is 7.01. The van der Waals surface area contributed by atoms with Crippen molar-refractivity contribution in [2.24, 2.45) is 0 Å². The summed E-state index contributed by atoms with van der Waals surface area (Å²) in [7, 11) is 2.06.